The molecular formula is C27H27NO3. The zero-order chi connectivity index (χ0) is 21.8. The van der Waals surface area contributed by atoms with Gasteiger partial charge in [-0.25, -0.2) is 0 Å². The molecular weight excluding hydrogens is 386 g/mol. The van der Waals surface area contributed by atoms with Gasteiger partial charge < -0.3 is 14.8 Å². The van der Waals surface area contributed by atoms with Gasteiger partial charge in [0.25, 0.3) is 0 Å². The zero-order valence-corrected chi connectivity index (χ0v) is 18.4. The van der Waals surface area contributed by atoms with Crippen LogP contribution in [0.5, 0.6) is 11.5 Å². The van der Waals surface area contributed by atoms with E-state index in [0.29, 0.717) is 12.2 Å². The van der Waals surface area contributed by atoms with E-state index in [1.807, 2.05) is 18.2 Å². The molecule has 2 aliphatic rings. The number of carbonyl (C=O) groups excluding carboxylic acids is 1. The summed E-state index contributed by atoms with van der Waals surface area (Å²) in [5.41, 5.74) is 5.13. The van der Waals surface area contributed by atoms with Crippen LogP contribution in [0, 0.1) is 5.41 Å². The van der Waals surface area contributed by atoms with Crippen LogP contribution < -0.4 is 14.8 Å². The first-order chi connectivity index (χ1) is 14.9. The molecule has 0 saturated carbocycles. The van der Waals surface area contributed by atoms with E-state index in [1.165, 1.54) is 10.8 Å². The van der Waals surface area contributed by atoms with Crippen molar-refractivity contribution in [3.8, 4) is 11.5 Å². The molecule has 31 heavy (non-hydrogen) atoms. The third-order valence-electron chi connectivity index (χ3n) is 6.49. The van der Waals surface area contributed by atoms with Crippen molar-refractivity contribution in [3.63, 3.8) is 0 Å². The SMILES string of the molecule is COc1ccc([C@@H]2Nc3ccc4ccccc4c3C3=C2C(=O)CC(C)(C)C3)c(OC)c1. The molecule has 1 aliphatic heterocycles. The molecule has 0 radical (unpaired) electrons. The number of rotatable bonds is 3. The number of hydrogen-bond acceptors (Lipinski definition) is 4. The lowest BCUT2D eigenvalue weighted by molar-refractivity contribution is -0.118. The van der Waals surface area contributed by atoms with Crippen molar-refractivity contribution in [2.75, 3.05) is 19.5 Å². The maximum Gasteiger partial charge on any atom is 0.162 e. The first-order valence-corrected chi connectivity index (χ1v) is 10.7. The molecule has 1 aliphatic carbocycles. The number of ether oxygens (including phenoxy) is 2. The van der Waals surface area contributed by atoms with Crippen molar-refractivity contribution in [1.29, 1.82) is 0 Å². The van der Waals surface area contributed by atoms with E-state index in [1.54, 1.807) is 14.2 Å². The van der Waals surface area contributed by atoms with Gasteiger partial charge in [-0.2, -0.15) is 0 Å². The lowest BCUT2D eigenvalue weighted by Crippen LogP contribution is -2.33. The second-order valence-electron chi connectivity index (χ2n) is 9.23. The second kappa shape index (κ2) is 7.16. The van der Waals surface area contributed by atoms with E-state index in [9.17, 15) is 4.79 Å². The van der Waals surface area contributed by atoms with Crippen LogP contribution in [-0.2, 0) is 4.79 Å². The molecule has 3 aromatic rings. The topological polar surface area (TPSA) is 47.6 Å². The molecule has 1 N–H and O–H groups in total. The Bertz CT molecular complexity index is 1240. The van der Waals surface area contributed by atoms with Gasteiger partial charge in [-0.05, 0) is 46.4 Å². The summed E-state index contributed by atoms with van der Waals surface area (Å²) in [4.78, 5) is 13.5. The molecule has 158 valence electrons. The van der Waals surface area contributed by atoms with Gasteiger partial charge >= 0.3 is 0 Å². The van der Waals surface area contributed by atoms with Crippen molar-refractivity contribution in [1.82, 2.24) is 0 Å². The molecule has 1 atom stereocenters. The minimum atomic E-state index is -0.256. The summed E-state index contributed by atoms with van der Waals surface area (Å²) in [6.07, 6.45) is 1.41. The molecule has 5 rings (SSSR count). The van der Waals surface area contributed by atoms with E-state index >= 15 is 0 Å². The fraction of sp³-hybridized carbons (Fsp3) is 0.296. The minimum Gasteiger partial charge on any atom is -0.497 e. The normalized spacial score (nSPS) is 19.5. The van der Waals surface area contributed by atoms with Gasteiger partial charge in [-0.1, -0.05) is 44.2 Å². The summed E-state index contributed by atoms with van der Waals surface area (Å²) in [5.74, 6) is 1.65. The van der Waals surface area contributed by atoms with Gasteiger partial charge in [0, 0.05) is 34.9 Å². The number of benzene rings is 3. The summed E-state index contributed by atoms with van der Waals surface area (Å²) >= 11 is 0. The molecule has 1 heterocycles. The van der Waals surface area contributed by atoms with Crippen LogP contribution in [0.4, 0.5) is 5.69 Å². The monoisotopic (exact) mass is 413 g/mol. The van der Waals surface area contributed by atoms with Crippen molar-refractivity contribution in [3.05, 3.63) is 71.3 Å². The van der Waals surface area contributed by atoms with Gasteiger partial charge in [0.15, 0.2) is 5.78 Å². The number of Topliss-reactive ketones (excluding diaryl/α,β-unsaturated/α-hetero) is 1. The van der Waals surface area contributed by atoms with E-state index in [0.717, 1.165) is 40.1 Å². The smallest absolute Gasteiger partial charge is 0.162 e. The minimum absolute atomic E-state index is 0.0734. The Morgan fingerprint density at radius 1 is 0.968 bits per heavy atom. The predicted molar refractivity (Wildman–Crippen MR) is 125 cm³/mol. The quantitative estimate of drug-likeness (QED) is 0.558. The van der Waals surface area contributed by atoms with Crippen LogP contribution in [0.15, 0.2) is 60.2 Å². The van der Waals surface area contributed by atoms with Gasteiger partial charge in [-0.15, -0.1) is 0 Å². The second-order valence-corrected chi connectivity index (χ2v) is 9.23. The molecule has 3 aromatic carbocycles. The number of anilines is 1. The Morgan fingerprint density at radius 2 is 1.77 bits per heavy atom. The summed E-state index contributed by atoms with van der Waals surface area (Å²) in [7, 11) is 3.30. The molecule has 0 fully saturated rings. The van der Waals surface area contributed by atoms with Crippen molar-refractivity contribution in [2.45, 2.75) is 32.7 Å². The first-order valence-electron chi connectivity index (χ1n) is 10.7. The maximum absolute atomic E-state index is 13.5. The highest BCUT2D eigenvalue weighted by Crippen LogP contribution is 2.53. The van der Waals surface area contributed by atoms with Gasteiger partial charge in [0.05, 0.1) is 20.3 Å². The lowest BCUT2D eigenvalue weighted by atomic mass is 9.68. The Morgan fingerprint density at radius 3 is 2.55 bits per heavy atom. The number of allylic oxidation sites excluding steroid dienone is 1. The molecule has 4 nitrogen and oxygen atoms in total. The van der Waals surface area contributed by atoms with Crippen molar-refractivity contribution >= 4 is 27.8 Å². The summed E-state index contributed by atoms with van der Waals surface area (Å²) < 4.78 is 11.1. The number of fused-ring (bicyclic) bond motifs is 4. The zero-order valence-electron chi connectivity index (χ0n) is 18.4. The van der Waals surface area contributed by atoms with Crippen LogP contribution in [0.1, 0.15) is 43.9 Å². The molecule has 4 heteroatoms. The lowest BCUT2D eigenvalue weighted by Gasteiger charge is -2.40. The number of methoxy groups -OCH3 is 2. The Balaban J connectivity index is 1.78. The van der Waals surface area contributed by atoms with E-state index in [4.69, 9.17) is 9.47 Å². The average molecular weight is 414 g/mol. The van der Waals surface area contributed by atoms with E-state index < -0.39 is 0 Å². The van der Waals surface area contributed by atoms with Crippen LogP contribution in [0.25, 0.3) is 16.3 Å². The number of nitrogens with one attached hydrogen (secondary N) is 1. The predicted octanol–water partition coefficient (Wildman–Crippen LogP) is 6.17. The Kier molecular flexibility index (Phi) is 4.54. The van der Waals surface area contributed by atoms with Crippen LogP contribution in [-0.4, -0.2) is 20.0 Å². The molecule has 0 amide bonds. The van der Waals surface area contributed by atoms with E-state index in [2.05, 4.69) is 55.6 Å². The van der Waals surface area contributed by atoms with Crippen LogP contribution in [0.3, 0.4) is 0 Å². The highest BCUT2D eigenvalue weighted by atomic mass is 16.5. The molecule has 0 saturated heterocycles. The molecule has 0 spiro atoms. The van der Waals surface area contributed by atoms with Crippen LogP contribution >= 0.6 is 0 Å². The fourth-order valence-corrected chi connectivity index (χ4v) is 5.13. The Labute approximate surface area is 182 Å². The van der Waals surface area contributed by atoms with Crippen LogP contribution in [0.2, 0.25) is 0 Å². The summed E-state index contributed by atoms with van der Waals surface area (Å²) in [6, 6.07) is 18.2. The average Bonchev–Trinajstić information content (AvgIpc) is 2.76. The maximum atomic E-state index is 13.5. The number of ketones is 1. The molecule has 0 unspecified atom stereocenters. The highest BCUT2D eigenvalue weighted by molar-refractivity contribution is 6.13. The molecule has 0 bridgehead atoms. The molecule has 0 aromatic heterocycles. The highest BCUT2D eigenvalue weighted by Gasteiger charge is 2.41. The van der Waals surface area contributed by atoms with Gasteiger partial charge in [-0.3, -0.25) is 4.79 Å². The third-order valence-corrected chi connectivity index (χ3v) is 6.49. The number of carbonyl (C=O) groups is 1. The number of hydrogen-bond donors (Lipinski definition) is 1. The van der Waals surface area contributed by atoms with Gasteiger partial charge in [0.2, 0.25) is 0 Å². The summed E-state index contributed by atoms with van der Waals surface area (Å²) in [5, 5.41) is 6.05. The standard InChI is InChI=1S/C27H27NO3/c1-27(2)14-20-24-18-8-6-5-7-16(18)9-12-21(24)28-26(25(20)22(29)15-27)19-11-10-17(30-3)13-23(19)31-4/h5-13,26,28H,14-15H2,1-4H3/t26-/m0/s1. The van der Waals surface area contributed by atoms with Crippen molar-refractivity contribution < 1.29 is 14.3 Å². The largest absolute Gasteiger partial charge is 0.497 e. The van der Waals surface area contributed by atoms with Gasteiger partial charge in [0.1, 0.15) is 11.5 Å². The fourth-order valence-electron chi connectivity index (χ4n) is 5.13. The first kappa shape index (κ1) is 19.7. The summed E-state index contributed by atoms with van der Waals surface area (Å²) in [6.45, 7) is 4.37. The van der Waals surface area contributed by atoms with E-state index in [-0.39, 0.29) is 17.2 Å². The van der Waals surface area contributed by atoms with Crippen molar-refractivity contribution in [2.24, 2.45) is 5.41 Å². The Hall–Kier alpha value is -3.27. The third kappa shape index (κ3) is 3.18.